The topological polar surface area (TPSA) is 105 Å². The molecular formula is C22H26N4O4. The van der Waals surface area contributed by atoms with Crippen molar-refractivity contribution in [1.29, 1.82) is 0 Å². The van der Waals surface area contributed by atoms with Crippen LogP contribution in [0.4, 0.5) is 0 Å². The molecule has 2 aliphatic rings. The van der Waals surface area contributed by atoms with Gasteiger partial charge in [-0.3, -0.25) is 19.4 Å². The van der Waals surface area contributed by atoms with E-state index in [0.29, 0.717) is 18.7 Å². The van der Waals surface area contributed by atoms with Gasteiger partial charge in [0.25, 0.3) is 11.5 Å². The van der Waals surface area contributed by atoms with Crippen molar-refractivity contribution in [2.24, 2.45) is 5.92 Å². The van der Waals surface area contributed by atoms with E-state index in [4.69, 9.17) is 0 Å². The molecule has 2 aromatic heterocycles. The van der Waals surface area contributed by atoms with E-state index in [-0.39, 0.29) is 41.8 Å². The van der Waals surface area contributed by atoms with Gasteiger partial charge in [0.1, 0.15) is 6.61 Å². The van der Waals surface area contributed by atoms with E-state index < -0.39 is 6.61 Å². The van der Waals surface area contributed by atoms with Crippen molar-refractivity contribution in [2.45, 2.75) is 32.2 Å². The van der Waals surface area contributed by atoms with E-state index in [9.17, 15) is 19.5 Å². The van der Waals surface area contributed by atoms with E-state index in [1.165, 1.54) is 6.07 Å². The molecule has 0 saturated carbocycles. The van der Waals surface area contributed by atoms with Gasteiger partial charge in [0.2, 0.25) is 5.91 Å². The molecule has 8 nitrogen and oxygen atoms in total. The zero-order chi connectivity index (χ0) is 21.4. The molecule has 8 heteroatoms. The van der Waals surface area contributed by atoms with Gasteiger partial charge in [-0.15, -0.1) is 0 Å². The first-order valence-corrected chi connectivity index (χ1v) is 10.2. The van der Waals surface area contributed by atoms with Gasteiger partial charge in [-0.1, -0.05) is 6.07 Å². The minimum atomic E-state index is -0.525. The lowest BCUT2D eigenvalue weighted by Crippen LogP contribution is -2.53. The van der Waals surface area contributed by atoms with E-state index in [2.05, 4.69) is 10.3 Å². The van der Waals surface area contributed by atoms with Gasteiger partial charge in [-0.05, 0) is 44.4 Å². The lowest BCUT2D eigenvalue weighted by atomic mass is 9.78. The molecule has 2 N–H and O–H groups in total. The highest BCUT2D eigenvalue weighted by molar-refractivity contribution is 5.94. The Balaban J connectivity index is 1.61. The normalized spacial score (nSPS) is 22.4. The minimum Gasteiger partial charge on any atom is -0.387 e. The molecule has 2 aliphatic heterocycles. The molecule has 2 aromatic rings. The predicted octanol–water partition coefficient (Wildman–Crippen LogP) is 0.769. The number of piperidine rings is 1. The number of carbonyl (C=O) groups is 2. The highest BCUT2D eigenvalue weighted by atomic mass is 16.3. The summed E-state index contributed by atoms with van der Waals surface area (Å²) >= 11 is 0. The third kappa shape index (κ3) is 3.75. The zero-order valence-electron chi connectivity index (χ0n) is 17.2. The van der Waals surface area contributed by atoms with Gasteiger partial charge < -0.3 is 19.9 Å². The van der Waals surface area contributed by atoms with Crippen LogP contribution in [0.5, 0.6) is 0 Å². The number of amides is 2. The van der Waals surface area contributed by atoms with Crippen molar-refractivity contribution >= 4 is 11.8 Å². The van der Waals surface area contributed by atoms with E-state index >= 15 is 0 Å². The van der Waals surface area contributed by atoms with Crippen LogP contribution in [0.3, 0.4) is 0 Å². The Hall–Kier alpha value is -3.00. The lowest BCUT2D eigenvalue weighted by molar-refractivity contribution is -0.137. The number of pyridine rings is 2. The summed E-state index contributed by atoms with van der Waals surface area (Å²) in [5.41, 5.74) is 2.86. The van der Waals surface area contributed by atoms with Crippen LogP contribution >= 0.6 is 0 Å². The molecule has 1 saturated heterocycles. The van der Waals surface area contributed by atoms with Crippen LogP contribution in [-0.2, 0) is 4.79 Å². The van der Waals surface area contributed by atoms with Crippen LogP contribution in [-0.4, -0.2) is 57.6 Å². The average molecular weight is 410 g/mol. The quantitative estimate of drug-likeness (QED) is 0.775. The molecule has 0 aliphatic carbocycles. The number of likely N-dealkylation sites (tertiary alicyclic amines) is 1. The Bertz CT molecular complexity index is 1030. The van der Waals surface area contributed by atoms with Crippen molar-refractivity contribution in [3.8, 4) is 0 Å². The first-order valence-electron chi connectivity index (χ1n) is 10.2. The zero-order valence-corrected chi connectivity index (χ0v) is 17.2. The van der Waals surface area contributed by atoms with Gasteiger partial charge in [-0.2, -0.15) is 0 Å². The summed E-state index contributed by atoms with van der Waals surface area (Å²) < 4.78 is 1.78. The van der Waals surface area contributed by atoms with Crippen molar-refractivity contribution in [3.63, 3.8) is 0 Å². The number of aliphatic hydroxyl groups is 1. The molecule has 4 rings (SSSR count). The summed E-state index contributed by atoms with van der Waals surface area (Å²) in [7, 11) is 0. The van der Waals surface area contributed by atoms with Crippen LogP contribution in [0.15, 0.2) is 35.1 Å². The molecule has 0 spiro atoms. The number of nitrogens with zero attached hydrogens (tertiary/aromatic N) is 3. The molecule has 0 aromatic carbocycles. The van der Waals surface area contributed by atoms with E-state index in [1.807, 2.05) is 19.9 Å². The van der Waals surface area contributed by atoms with Gasteiger partial charge in [-0.25, -0.2) is 0 Å². The number of hydrogen-bond acceptors (Lipinski definition) is 5. The first-order chi connectivity index (χ1) is 14.4. The number of rotatable bonds is 4. The Morgan fingerprint density at radius 1 is 1.20 bits per heavy atom. The smallest absolute Gasteiger partial charge is 0.251 e. The maximum atomic E-state index is 12.8. The summed E-state index contributed by atoms with van der Waals surface area (Å²) in [5, 5.41) is 12.3. The summed E-state index contributed by atoms with van der Waals surface area (Å²) in [6.45, 7) is 4.40. The average Bonchev–Trinajstić information content (AvgIpc) is 2.72. The van der Waals surface area contributed by atoms with Crippen molar-refractivity contribution in [3.05, 3.63) is 63.3 Å². The molecule has 0 unspecified atom stereocenters. The molecule has 0 radical (unpaired) electrons. The fourth-order valence-electron chi connectivity index (χ4n) is 4.87. The number of aromatic nitrogens is 2. The Labute approximate surface area is 174 Å². The van der Waals surface area contributed by atoms with Crippen molar-refractivity contribution in [1.82, 2.24) is 19.8 Å². The highest BCUT2D eigenvalue weighted by Crippen LogP contribution is 2.40. The Morgan fingerprint density at radius 3 is 2.63 bits per heavy atom. The fourth-order valence-corrected chi connectivity index (χ4v) is 4.87. The predicted molar refractivity (Wildman–Crippen MR) is 110 cm³/mol. The maximum Gasteiger partial charge on any atom is 0.251 e. The highest BCUT2D eigenvalue weighted by Gasteiger charge is 2.41. The standard InChI is InChI=1S/C22H26N4O4/c1-13-6-15(7-14(2)24-13)22(30)23-9-19-17-8-16(10-25(11-17)21(29)12-27)18-4-3-5-20(28)26(18)19/h3-7,16-17,19,27H,8-12H2,1-2H3,(H,23,30)/t16-,17+,19+/m1/s1. The summed E-state index contributed by atoms with van der Waals surface area (Å²) in [5.74, 6) is -0.448. The van der Waals surface area contributed by atoms with E-state index in [0.717, 1.165) is 23.5 Å². The lowest BCUT2D eigenvalue weighted by Gasteiger charge is -2.46. The van der Waals surface area contributed by atoms with Crippen LogP contribution < -0.4 is 10.9 Å². The second-order valence-electron chi connectivity index (χ2n) is 8.22. The van der Waals surface area contributed by atoms with Gasteiger partial charge >= 0.3 is 0 Å². The van der Waals surface area contributed by atoms with Crippen LogP contribution in [0, 0.1) is 19.8 Å². The Kier molecular flexibility index (Phi) is 5.42. The van der Waals surface area contributed by atoms with Gasteiger partial charge in [0.15, 0.2) is 0 Å². The van der Waals surface area contributed by atoms with Gasteiger partial charge in [0, 0.05) is 54.3 Å². The monoisotopic (exact) mass is 410 g/mol. The molecule has 2 amide bonds. The van der Waals surface area contributed by atoms with Crippen LogP contribution in [0.25, 0.3) is 0 Å². The van der Waals surface area contributed by atoms with Gasteiger partial charge in [0.05, 0.1) is 6.04 Å². The molecule has 30 heavy (non-hydrogen) atoms. The molecular weight excluding hydrogens is 384 g/mol. The second-order valence-corrected chi connectivity index (χ2v) is 8.22. The number of hydrogen-bond donors (Lipinski definition) is 2. The molecule has 158 valence electrons. The number of nitrogens with one attached hydrogen (secondary N) is 1. The number of fused-ring (bicyclic) bond motifs is 4. The molecule has 2 bridgehead atoms. The molecule has 4 heterocycles. The SMILES string of the molecule is Cc1cc(C(=O)NC[C@H]2[C@H]3C[C@H](CN(C(=O)CO)C3)c3cccc(=O)n32)cc(C)n1. The van der Waals surface area contributed by atoms with Crippen LogP contribution in [0.1, 0.15) is 45.8 Å². The number of aliphatic hydroxyl groups excluding tert-OH is 1. The second kappa shape index (κ2) is 8.02. The van der Waals surface area contributed by atoms with Crippen molar-refractivity contribution in [2.75, 3.05) is 26.2 Å². The molecule has 3 atom stereocenters. The summed E-state index contributed by atoms with van der Waals surface area (Å²) in [6, 6.07) is 8.40. The third-order valence-corrected chi connectivity index (χ3v) is 6.10. The van der Waals surface area contributed by atoms with Crippen LogP contribution in [0.2, 0.25) is 0 Å². The summed E-state index contributed by atoms with van der Waals surface area (Å²) in [4.78, 5) is 43.6. The third-order valence-electron chi connectivity index (χ3n) is 6.10. The number of aryl methyl sites for hydroxylation is 2. The first kappa shape index (κ1) is 20.3. The largest absolute Gasteiger partial charge is 0.387 e. The maximum absolute atomic E-state index is 12.8. The number of carbonyl (C=O) groups excluding carboxylic acids is 2. The Morgan fingerprint density at radius 2 is 1.93 bits per heavy atom. The molecule has 1 fully saturated rings. The van der Waals surface area contributed by atoms with Crippen molar-refractivity contribution < 1.29 is 14.7 Å². The van der Waals surface area contributed by atoms with E-state index in [1.54, 1.807) is 27.7 Å². The minimum absolute atomic E-state index is 0.0214. The fraction of sp³-hybridized carbons (Fsp3) is 0.455. The summed E-state index contributed by atoms with van der Waals surface area (Å²) in [6.07, 6.45) is 0.840.